The standard InChI is InChI=1S/C36H35ClN4O2S/c1-23-22-31(37)24(2)21-30(23)36(25-9-11-26(12-10-25)38-27-13-15-28(42-4)16-14-27)34-33(29-7-5-6-8-32(29)43-36)39-35(44-34)41-19-17-40(3)18-20-41/h5-16,21-22,38H,17-20H2,1-4H3. The van der Waals surface area contributed by atoms with Crippen LogP contribution in [-0.4, -0.2) is 50.2 Å². The van der Waals surface area contributed by atoms with Crippen LogP contribution < -0.4 is 19.7 Å². The van der Waals surface area contributed by atoms with E-state index in [9.17, 15) is 0 Å². The largest absolute Gasteiger partial charge is 0.497 e. The number of hydrogen-bond acceptors (Lipinski definition) is 7. The third-order valence-electron chi connectivity index (χ3n) is 8.67. The molecule has 0 aliphatic carbocycles. The van der Waals surface area contributed by atoms with Crippen LogP contribution in [0.3, 0.4) is 0 Å². The van der Waals surface area contributed by atoms with Crippen molar-refractivity contribution in [3.63, 3.8) is 0 Å². The molecule has 6 nitrogen and oxygen atoms in total. The quantitative estimate of drug-likeness (QED) is 0.206. The van der Waals surface area contributed by atoms with Gasteiger partial charge in [0.1, 0.15) is 11.5 Å². The number of nitrogens with one attached hydrogen (secondary N) is 1. The summed E-state index contributed by atoms with van der Waals surface area (Å²) in [5.41, 5.74) is 7.25. The molecule has 3 heterocycles. The van der Waals surface area contributed by atoms with Gasteiger partial charge in [-0.1, -0.05) is 47.2 Å². The summed E-state index contributed by atoms with van der Waals surface area (Å²) in [6.45, 7) is 8.10. The lowest BCUT2D eigenvalue weighted by molar-refractivity contribution is 0.155. The van der Waals surface area contributed by atoms with E-state index in [-0.39, 0.29) is 0 Å². The zero-order valence-corrected chi connectivity index (χ0v) is 26.9. The average Bonchev–Trinajstić information content (AvgIpc) is 3.50. The van der Waals surface area contributed by atoms with Crippen molar-refractivity contribution in [1.29, 1.82) is 0 Å². The number of hydrogen-bond donors (Lipinski definition) is 1. The van der Waals surface area contributed by atoms with Crippen LogP contribution in [0.15, 0.2) is 84.9 Å². The lowest BCUT2D eigenvalue weighted by Gasteiger charge is -2.40. The molecule has 224 valence electrons. The number of piperazine rings is 1. The predicted molar refractivity (Wildman–Crippen MR) is 181 cm³/mol. The Labute approximate surface area is 267 Å². The van der Waals surface area contributed by atoms with Crippen molar-refractivity contribution < 1.29 is 9.47 Å². The molecule has 1 saturated heterocycles. The van der Waals surface area contributed by atoms with Crippen LogP contribution in [-0.2, 0) is 5.60 Å². The van der Waals surface area contributed by atoms with Crippen molar-refractivity contribution in [2.75, 3.05) is 50.6 Å². The summed E-state index contributed by atoms with van der Waals surface area (Å²) in [7, 11) is 3.85. The van der Waals surface area contributed by atoms with Gasteiger partial charge in [0.15, 0.2) is 10.7 Å². The first-order valence-electron chi connectivity index (χ1n) is 14.9. The fourth-order valence-corrected chi connectivity index (χ4v) is 7.65. The Balaban J connectivity index is 1.40. The molecule has 2 aliphatic heterocycles. The summed E-state index contributed by atoms with van der Waals surface area (Å²) in [5.74, 6) is 1.65. The van der Waals surface area contributed by atoms with Crippen LogP contribution in [0.2, 0.25) is 5.02 Å². The van der Waals surface area contributed by atoms with Crippen LogP contribution >= 0.6 is 22.9 Å². The SMILES string of the molecule is COc1ccc(Nc2ccc(C3(c4cc(C)c(Cl)cc4C)Oc4ccccc4-c4nc(N5CCN(C)CC5)sc43)cc2)cc1. The Hall–Kier alpha value is -4.04. The first-order valence-corrected chi connectivity index (χ1v) is 16.1. The number of aromatic nitrogens is 1. The van der Waals surface area contributed by atoms with Crippen molar-refractivity contribution in [3.8, 4) is 22.8 Å². The number of aryl methyl sites for hydroxylation is 2. The summed E-state index contributed by atoms with van der Waals surface area (Å²) in [6, 6.07) is 29.0. The number of ether oxygens (including phenoxy) is 2. The summed E-state index contributed by atoms with van der Waals surface area (Å²) in [4.78, 5) is 11.2. The minimum atomic E-state index is -0.912. The zero-order chi connectivity index (χ0) is 30.4. The molecule has 1 fully saturated rings. The molecule has 5 aromatic rings. The van der Waals surface area contributed by atoms with E-state index in [0.717, 1.165) is 97.6 Å². The number of benzene rings is 4. The van der Waals surface area contributed by atoms with E-state index in [1.165, 1.54) is 0 Å². The van der Waals surface area contributed by atoms with Gasteiger partial charge in [0.25, 0.3) is 0 Å². The Morgan fingerprint density at radius 1 is 0.886 bits per heavy atom. The Morgan fingerprint density at radius 2 is 1.57 bits per heavy atom. The topological polar surface area (TPSA) is 49.9 Å². The first-order chi connectivity index (χ1) is 21.4. The number of methoxy groups -OCH3 is 1. The van der Waals surface area contributed by atoms with Gasteiger partial charge < -0.3 is 24.6 Å². The molecule has 4 aromatic carbocycles. The fourth-order valence-electron chi connectivity index (χ4n) is 6.14. The minimum absolute atomic E-state index is 0.749. The van der Waals surface area contributed by atoms with E-state index in [1.54, 1.807) is 18.4 Å². The van der Waals surface area contributed by atoms with Crippen molar-refractivity contribution in [3.05, 3.63) is 117 Å². The molecule has 2 aliphatic rings. The summed E-state index contributed by atoms with van der Waals surface area (Å²) < 4.78 is 12.6. The van der Waals surface area contributed by atoms with Crippen molar-refractivity contribution in [2.45, 2.75) is 19.4 Å². The molecule has 1 aromatic heterocycles. The molecule has 0 spiro atoms. The van der Waals surface area contributed by atoms with Gasteiger partial charge in [-0.05, 0) is 92.7 Å². The van der Waals surface area contributed by atoms with Gasteiger partial charge in [0.2, 0.25) is 0 Å². The van der Waals surface area contributed by atoms with Gasteiger partial charge in [0.05, 0.1) is 17.7 Å². The molecule has 7 rings (SSSR count). The Kier molecular flexibility index (Phi) is 7.49. The Morgan fingerprint density at radius 3 is 2.27 bits per heavy atom. The van der Waals surface area contributed by atoms with E-state index in [2.05, 4.69) is 90.6 Å². The first kappa shape index (κ1) is 28.7. The highest BCUT2D eigenvalue weighted by Crippen LogP contribution is 2.55. The van der Waals surface area contributed by atoms with E-state index < -0.39 is 5.60 Å². The number of rotatable bonds is 6. The van der Waals surface area contributed by atoms with Crippen LogP contribution in [0.5, 0.6) is 11.5 Å². The van der Waals surface area contributed by atoms with Crippen LogP contribution in [0.1, 0.15) is 27.1 Å². The number of fused-ring (bicyclic) bond motifs is 3. The second-order valence-electron chi connectivity index (χ2n) is 11.6. The maximum atomic E-state index is 7.26. The molecule has 1 atom stereocenters. The van der Waals surface area contributed by atoms with Crippen molar-refractivity contribution >= 4 is 39.4 Å². The highest BCUT2D eigenvalue weighted by molar-refractivity contribution is 7.16. The van der Waals surface area contributed by atoms with E-state index in [1.807, 2.05) is 30.3 Å². The number of anilines is 3. The summed E-state index contributed by atoms with van der Waals surface area (Å²) in [6.07, 6.45) is 0. The minimum Gasteiger partial charge on any atom is -0.497 e. The van der Waals surface area contributed by atoms with Gasteiger partial charge in [-0.3, -0.25) is 0 Å². The molecule has 1 N–H and O–H groups in total. The highest BCUT2D eigenvalue weighted by Gasteiger charge is 2.48. The molecular weight excluding hydrogens is 588 g/mol. The van der Waals surface area contributed by atoms with Crippen LogP contribution in [0, 0.1) is 13.8 Å². The zero-order valence-electron chi connectivity index (χ0n) is 25.4. The van der Waals surface area contributed by atoms with Gasteiger partial charge >= 0.3 is 0 Å². The lowest BCUT2D eigenvalue weighted by atomic mass is 9.79. The molecule has 44 heavy (non-hydrogen) atoms. The average molecular weight is 623 g/mol. The predicted octanol–water partition coefficient (Wildman–Crippen LogP) is 8.27. The molecule has 0 saturated carbocycles. The number of para-hydroxylation sites is 1. The Bertz CT molecular complexity index is 1810. The molecule has 0 amide bonds. The molecule has 1 unspecified atom stereocenters. The maximum absolute atomic E-state index is 7.26. The van der Waals surface area contributed by atoms with Gasteiger partial charge in [0, 0.05) is 59.3 Å². The maximum Gasteiger partial charge on any atom is 0.196 e. The molecule has 0 bridgehead atoms. The van der Waals surface area contributed by atoms with Gasteiger partial charge in [-0.2, -0.15) is 0 Å². The van der Waals surface area contributed by atoms with E-state index in [0.29, 0.717) is 0 Å². The normalized spacial score (nSPS) is 17.9. The second-order valence-corrected chi connectivity index (χ2v) is 13.0. The third-order valence-corrected chi connectivity index (χ3v) is 10.3. The molecular formula is C36H35ClN4O2S. The van der Waals surface area contributed by atoms with E-state index in [4.69, 9.17) is 26.1 Å². The third kappa shape index (κ3) is 4.99. The van der Waals surface area contributed by atoms with Crippen LogP contribution in [0.25, 0.3) is 11.3 Å². The van der Waals surface area contributed by atoms with E-state index >= 15 is 0 Å². The van der Waals surface area contributed by atoms with Crippen molar-refractivity contribution in [1.82, 2.24) is 9.88 Å². The molecule has 0 radical (unpaired) electrons. The van der Waals surface area contributed by atoms with Gasteiger partial charge in [-0.15, -0.1) is 0 Å². The highest BCUT2D eigenvalue weighted by atomic mass is 35.5. The summed E-state index contributed by atoms with van der Waals surface area (Å²) in [5, 5.41) is 5.30. The van der Waals surface area contributed by atoms with Gasteiger partial charge in [-0.25, -0.2) is 4.98 Å². The second kappa shape index (κ2) is 11.5. The number of nitrogens with zero attached hydrogens (tertiary/aromatic N) is 3. The van der Waals surface area contributed by atoms with Crippen molar-refractivity contribution in [2.24, 2.45) is 0 Å². The monoisotopic (exact) mass is 622 g/mol. The lowest BCUT2D eigenvalue weighted by Crippen LogP contribution is -2.44. The van der Waals surface area contributed by atoms with Crippen LogP contribution in [0.4, 0.5) is 16.5 Å². The fraction of sp³-hybridized carbons (Fsp3) is 0.250. The number of likely N-dealkylation sites (N-methyl/N-ethyl adjacent to an activating group) is 1. The molecule has 8 heteroatoms. The summed E-state index contributed by atoms with van der Waals surface area (Å²) >= 11 is 8.40. The number of thiazole rings is 1. The number of halogens is 1. The smallest absolute Gasteiger partial charge is 0.196 e.